The van der Waals surface area contributed by atoms with Gasteiger partial charge in [0.05, 0.1) is 6.42 Å². The van der Waals surface area contributed by atoms with Crippen LogP contribution in [0.5, 0.6) is 0 Å². The first-order valence-electron chi connectivity index (χ1n) is 8.27. The molecule has 0 heterocycles. The second-order valence-electron chi connectivity index (χ2n) is 6.21. The molecule has 2 N–H and O–H groups in total. The second-order valence-corrected chi connectivity index (χ2v) is 6.21. The molecular weight excluding hydrogens is 322 g/mol. The minimum atomic E-state index is -0.327. The van der Waals surface area contributed by atoms with Crippen LogP contribution in [0, 0.1) is 17.0 Å². The van der Waals surface area contributed by atoms with Crippen molar-refractivity contribution in [2.24, 2.45) is 0 Å². The molecule has 0 aliphatic heterocycles. The van der Waals surface area contributed by atoms with Crippen LogP contribution in [0.3, 0.4) is 0 Å². The number of hydrogen-bond donors (Lipinski definition) is 2. The minimum absolute atomic E-state index is 0.145. The van der Waals surface area contributed by atoms with Gasteiger partial charge in [-0.2, -0.15) is 0 Å². The maximum absolute atomic E-state index is 12.9. The monoisotopic (exact) mass is 344 g/mol. The summed E-state index contributed by atoms with van der Waals surface area (Å²) in [5, 5.41) is 10.9. The lowest BCUT2D eigenvalue weighted by molar-refractivity contribution is -0.121. The predicted molar refractivity (Wildman–Crippen MR) is 94.8 cm³/mol. The highest BCUT2D eigenvalue weighted by atomic mass is 19.1. The second kappa shape index (κ2) is 9.06. The van der Waals surface area contributed by atoms with Gasteiger partial charge in [0.15, 0.2) is 0 Å². The molecule has 2 rings (SSSR count). The summed E-state index contributed by atoms with van der Waals surface area (Å²) in [6, 6.07) is 12.0. The minimum Gasteiger partial charge on any atom is -0.353 e. The first-order valence-corrected chi connectivity index (χ1v) is 8.27. The van der Waals surface area contributed by atoms with Gasteiger partial charge in [-0.15, -0.1) is 0 Å². The molecule has 0 fully saturated rings. The molecule has 0 radical (unpaired) electrons. The predicted octanol–water partition coefficient (Wildman–Crippen LogP) is 4.05. The normalized spacial score (nSPS) is 11.8. The molecule has 5 heteroatoms. The average Bonchev–Trinajstić information content (AvgIpc) is 2.56. The molecule has 1 amide bonds. The number of carbonyl (C=O) groups excluding carboxylic acids is 1. The van der Waals surface area contributed by atoms with E-state index in [-0.39, 0.29) is 30.0 Å². The summed E-state index contributed by atoms with van der Waals surface area (Å²) in [4.78, 5) is 12.0. The molecule has 0 bridgehead atoms. The van der Waals surface area contributed by atoms with Crippen molar-refractivity contribution in [1.29, 1.82) is 5.41 Å². The number of nitrogens with one attached hydrogen (secondary N) is 2. The van der Waals surface area contributed by atoms with Gasteiger partial charge in [0.25, 0.3) is 0 Å². The molecule has 0 spiro atoms. The number of hydrogen-bond acceptors (Lipinski definition) is 2. The Morgan fingerprint density at radius 3 is 2.08 bits per heavy atom. The zero-order chi connectivity index (χ0) is 18.2. The van der Waals surface area contributed by atoms with Gasteiger partial charge in [-0.3, -0.25) is 4.79 Å². The van der Waals surface area contributed by atoms with E-state index in [2.05, 4.69) is 5.32 Å². The summed E-state index contributed by atoms with van der Waals surface area (Å²) >= 11 is 0. The fraction of sp³-hybridized carbons (Fsp3) is 0.300. The van der Waals surface area contributed by atoms with Crippen LogP contribution in [-0.2, 0) is 17.6 Å². The van der Waals surface area contributed by atoms with E-state index in [0.717, 1.165) is 11.1 Å². The number of rotatable bonds is 8. The highest BCUT2D eigenvalue weighted by molar-refractivity contribution is 5.83. The molecule has 2 aromatic rings. The zero-order valence-electron chi connectivity index (χ0n) is 14.2. The Labute approximate surface area is 146 Å². The zero-order valence-corrected chi connectivity index (χ0v) is 14.2. The van der Waals surface area contributed by atoms with Gasteiger partial charge in [-0.05, 0) is 55.2 Å². The Balaban J connectivity index is 1.72. The van der Waals surface area contributed by atoms with Crippen LogP contribution in [-0.4, -0.2) is 17.7 Å². The quantitative estimate of drug-likeness (QED) is 0.697. The highest BCUT2D eigenvalue weighted by Crippen LogP contribution is 2.08. The van der Waals surface area contributed by atoms with E-state index < -0.39 is 0 Å². The lowest BCUT2D eigenvalue weighted by Crippen LogP contribution is -2.35. The van der Waals surface area contributed by atoms with E-state index in [1.165, 1.54) is 24.3 Å². The molecule has 3 nitrogen and oxygen atoms in total. The highest BCUT2D eigenvalue weighted by Gasteiger charge is 2.11. The Morgan fingerprint density at radius 2 is 1.52 bits per heavy atom. The molecule has 0 saturated carbocycles. The molecular formula is C20H22F2N2O. The van der Waals surface area contributed by atoms with Crippen LogP contribution in [0.1, 0.15) is 30.9 Å². The molecule has 0 aromatic heterocycles. The number of carbonyl (C=O) groups is 1. The molecule has 2 aromatic carbocycles. The van der Waals surface area contributed by atoms with Crippen LogP contribution < -0.4 is 5.32 Å². The lowest BCUT2D eigenvalue weighted by Gasteiger charge is -2.15. The largest absolute Gasteiger partial charge is 0.353 e. The van der Waals surface area contributed by atoms with Gasteiger partial charge in [-0.1, -0.05) is 24.3 Å². The fourth-order valence-corrected chi connectivity index (χ4v) is 2.58. The Hall–Kier alpha value is -2.56. The van der Waals surface area contributed by atoms with E-state index in [0.29, 0.717) is 25.0 Å². The van der Waals surface area contributed by atoms with Gasteiger partial charge < -0.3 is 10.7 Å². The molecule has 25 heavy (non-hydrogen) atoms. The van der Waals surface area contributed by atoms with Crippen molar-refractivity contribution >= 4 is 11.6 Å². The summed E-state index contributed by atoms with van der Waals surface area (Å²) in [6.45, 7) is 1.86. The number of benzene rings is 2. The van der Waals surface area contributed by atoms with Gasteiger partial charge in [0, 0.05) is 18.2 Å². The Bertz CT molecular complexity index is 711. The SMILES string of the molecule is CC(CC(=N)CCc1ccc(F)cc1)NC(=O)Cc1ccc(F)cc1. The van der Waals surface area contributed by atoms with Crippen molar-refractivity contribution in [2.75, 3.05) is 0 Å². The van der Waals surface area contributed by atoms with Gasteiger partial charge in [-0.25, -0.2) is 8.78 Å². The first-order chi connectivity index (χ1) is 11.9. The molecule has 0 aliphatic rings. The van der Waals surface area contributed by atoms with Crippen molar-refractivity contribution in [3.05, 3.63) is 71.3 Å². The topological polar surface area (TPSA) is 53.0 Å². The number of amides is 1. The Morgan fingerprint density at radius 1 is 1.00 bits per heavy atom. The standard InChI is InChI=1S/C20H22F2N2O/c1-14(24-20(25)13-16-4-9-18(22)10-5-16)12-19(23)11-6-15-2-7-17(21)8-3-15/h2-5,7-10,14,23H,6,11-13H2,1H3,(H,24,25). The summed E-state index contributed by atoms with van der Waals surface area (Å²) in [6.07, 6.45) is 1.91. The summed E-state index contributed by atoms with van der Waals surface area (Å²) < 4.78 is 25.7. The third kappa shape index (κ3) is 6.83. The van der Waals surface area contributed by atoms with Crippen LogP contribution in [0.2, 0.25) is 0 Å². The summed E-state index contributed by atoms with van der Waals surface area (Å²) in [5.41, 5.74) is 2.27. The maximum atomic E-state index is 12.9. The molecule has 0 saturated heterocycles. The van der Waals surface area contributed by atoms with Crippen LogP contribution in [0.15, 0.2) is 48.5 Å². The van der Waals surface area contributed by atoms with E-state index in [9.17, 15) is 13.6 Å². The van der Waals surface area contributed by atoms with Crippen molar-refractivity contribution < 1.29 is 13.6 Å². The first kappa shape index (κ1) is 18.8. The smallest absolute Gasteiger partial charge is 0.224 e. The third-order valence-electron chi connectivity index (χ3n) is 3.87. The maximum Gasteiger partial charge on any atom is 0.224 e. The van der Waals surface area contributed by atoms with Crippen molar-refractivity contribution in [3.8, 4) is 0 Å². The van der Waals surface area contributed by atoms with Crippen LogP contribution in [0.25, 0.3) is 0 Å². The fourth-order valence-electron chi connectivity index (χ4n) is 2.58. The van der Waals surface area contributed by atoms with Crippen molar-refractivity contribution in [2.45, 2.75) is 38.6 Å². The number of aryl methyl sites for hydroxylation is 1. The number of halogens is 2. The van der Waals surface area contributed by atoms with Crippen LogP contribution >= 0.6 is 0 Å². The summed E-state index contributed by atoms with van der Waals surface area (Å²) in [5.74, 6) is -0.742. The third-order valence-corrected chi connectivity index (χ3v) is 3.87. The molecule has 0 aliphatic carbocycles. The molecule has 1 unspecified atom stereocenters. The lowest BCUT2D eigenvalue weighted by atomic mass is 10.0. The van der Waals surface area contributed by atoms with E-state index >= 15 is 0 Å². The van der Waals surface area contributed by atoms with Crippen molar-refractivity contribution in [3.63, 3.8) is 0 Å². The van der Waals surface area contributed by atoms with E-state index in [1.54, 1.807) is 24.3 Å². The van der Waals surface area contributed by atoms with Gasteiger partial charge in [0.2, 0.25) is 5.91 Å². The van der Waals surface area contributed by atoms with Crippen LogP contribution in [0.4, 0.5) is 8.78 Å². The van der Waals surface area contributed by atoms with E-state index in [4.69, 9.17) is 5.41 Å². The van der Waals surface area contributed by atoms with Gasteiger partial charge >= 0.3 is 0 Å². The summed E-state index contributed by atoms with van der Waals surface area (Å²) in [7, 11) is 0. The van der Waals surface area contributed by atoms with Gasteiger partial charge in [0.1, 0.15) is 11.6 Å². The van der Waals surface area contributed by atoms with E-state index in [1.807, 2.05) is 6.92 Å². The average molecular weight is 344 g/mol. The molecule has 1 atom stereocenters. The van der Waals surface area contributed by atoms with Crippen molar-refractivity contribution in [1.82, 2.24) is 5.32 Å². The Kier molecular flexibility index (Phi) is 6.81. The molecule has 132 valence electrons.